The Balaban J connectivity index is 1.45. The summed E-state index contributed by atoms with van der Waals surface area (Å²) in [5.41, 5.74) is 1.54. The molecule has 1 aromatic carbocycles. The summed E-state index contributed by atoms with van der Waals surface area (Å²) in [7, 11) is -3.82. The van der Waals surface area contributed by atoms with Gasteiger partial charge in [0.25, 0.3) is 15.9 Å². The molecular formula is C21H27N3O3S2. The van der Waals surface area contributed by atoms with Crippen molar-refractivity contribution >= 4 is 33.0 Å². The molecule has 1 aromatic heterocycles. The zero-order valence-corrected chi connectivity index (χ0v) is 18.3. The first-order valence-electron chi connectivity index (χ1n) is 10.1. The normalized spacial score (nSPS) is 18.9. The SMILES string of the molecule is Cc1ccc(NS(=O)(=O)c2ccsc2C(=O)N2CCN(C3CCCC3)CC2)cc1. The molecule has 1 saturated heterocycles. The zero-order valence-electron chi connectivity index (χ0n) is 16.6. The standard InChI is InChI=1S/C21H27N3O3S2/c1-16-6-8-17(9-7-16)22-29(26,27)19-10-15-28-20(19)21(25)24-13-11-23(12-14-24)18-4-2-3-5-18/h6-10,15,18,22H,2-5,11-14H2,1H3. The molecule has 2 aliphatic rings. The van der Waals surface area contributed by atoms with E-state index in [1.807, 2.05) is 19.1 Å². The largest absolute Gasteiger partial charge is 0.335 e. The Morgan fingerprint density at radius 1 is 1.03 bits per heavy atom. The van der Waals surface area contributed by atoms with Crippen LogP contribution in [0.2, 0.25) is 0 Å². The average Bonchev–Trinajstić information content (AvgIpc) is 3.42. The van der Waals surface area contributed by atoms with Crippen molar-refractivity contribution in [1.82, 2.24) is 9.80 Å². The summed E-state index contributed by atoms with van der Waals surface area (Å²) in [5, 5.41) is 1.67. The quantitative estimate of drug-likeness (QED) is 0.783. The molecule has 1 aliphatic heterocycles. The van der Waals surface area contributed by atoms with Crippen molar-refractivity contribution in [2.45, 2.75) is 43.5 Å². The zero-order chi connectivity index (χ0) is 20.4. The Morgan fingerprint density at radius 3 is 2.34 bits per heavy atom. The number of hydrogen-bond donors (Lipinski definition) is 1. The molecule has 2 aromatic rings. The highest BCUT2D eigenvalue weighted by Crippen LogP contribution is 2.28. The van der Waals surface area contributed by atoms with Gasteiger partial charge in [0.05, 0.1) is 0 Å². The van der Waals surface area contributed by atoms with Crippen LogP contribution in [-0.4, -0.2) is 56.3 Å². The third kappa shape index (κ3) is 4.49. The van der Waals surface area contributed by atoms with Gasteiger partial charge in [0.15, 0.2) is 0 Å². The fourth-order valence-corrected chi connectivity index (χ4v) is 6.65. The van der Waals surface area contributed by atoms with Gasteiger partial charge in [-0.3, -0.25) is 14.4 Å². The minimum absolute atomic E-state index is 0.0614. The number of nitrogens with zero attached hydrogens (tertiary/aromatic N) is 2. The van der Waals surface area contributed by atoms with E-state index in [9.17, 15) is 13.2 Å². The summed E-state index contributed by atoms with van der Waals surface area (Å²) < 4.78 is 28.4. The van der Waals surface area contributed by atoms with Crippen LogP contribution in [0, 0.1) is 6.92 Å². The summed E-state index contributed by atoms with van der Waals surface area (Å²) in [5.74, 6) is -0.185. The topological polar surface area (TPSA) is 69.7 Å². The van der Waals surface area contributed by atoms with Crippen LogP contribution in [0.4, 0.5) is 5.69 Å². The molecule has 2 heterocycles. The summed E-state index contributed by atoms with van der Waals surface area (Å²) in [6.45, 7) is 4.98. The molecule has 0 bridgehead atoms. The van der Waals surface area contributed by atoms with E-state index >= 15 is 0 Å². The van der Waals surface area contributed by atoms with E-state index in [4.69, 9.17) is 0 Å². The van der Waals surface area contributed by atoms with E-state index in [-0.39, 0.29) is 10.8 Å². The number of nitrogens with one attached hydrogen (secondary N) is 1. The number of benzene rings is 1. The van der Waals surface area contributed by atoms with Gasteiger partial charge in [-0.05, 0) is 43.3 Å². The van der Waals surface area contributed by atoms with Gasteiger partial charge in [0.1, 0.15) is 9.77 Å². The number of carbonyl (C=O) groups is 1. The maximum atomic E-state index is 13.1. The van der Waals surface area contributed by atoms with E-state index in [0.29, 0.717) is 29.7 Å². The number of sulfonamides is 1. The van der Waals surface area contributed by atoms with Gasteiger partial charge in [-0.15, -0.1) is 11.3 Å². The number of carbonyl (C=O) groups excluding carboxylic acids is 1. The van der Waals surface area contributed by atoms with Crippen molar-refractivity contribution in [3.63, 3.8) is 0 Å². The van der Waals surface area contributed by atoms with E-state index in [1.54, 1.807) is 22.4 Å². The van der Waals surface area contributed by atoms with Crippen LogP contribution in [-0.2, 0) is 10.0 Å². The smallest absolute Gasteiger partial charge is 0.265 e. The van der Waals surface area contributed by atoms with Gasteiger partial charge >= 0.3 is 0 Å². The second kappa shape index (κ2) is 8.45. The first-order valence-corrected chi connectivity index (χ1v) is 12.5. The Hall–Kier alpha value is -1.90. The highest BCUT2D eigenvalue weighted by atomic mass is 32.2. The molecule has 0 atom stereocenters. The minimum atomic E-state index is -3.82. The Bertz CT molecular complexity index is 955. The molecule has 0 radical (unpaired) electrons. The lowest BCUT2D eigenvalue weighted by Gasteiger charge is -2.38. The maximum absolute atomic E-state index is 13.1. The first kappa shape index (κ1) is 20.4. The van der Waals surface area contributed by atoms with E-state index in [1.165, 1.54) is 43.1 Å². The molecule has 2 fully saturated rings. The molecular weight excluding hydrogens is 406 g/mol. The van der Waals surface area contributed by atoms with E-state index in [0.717, 1.165) is 18.7 Å². The number of thiophene rings is 1. The summed E-state index contributed by atoms with van der Waals surface area (Å²) >= 11 is 1.19. The first-order chi connectivity index (χ1) is 13.9. The molecule has 156 valence electrons. The van der Waals surface area contributed by atoms with Crippen LogP contribution >= 0.6 is 11.3 Å². The molecule has 1 saturated carbocycles. The number of rotatable bonds is 5. The molecule has 8 heteroatoms. The molecule has 1 amide bonds. The maximum Gasteiger partial charge on any atom is 0.265 e. The third-order valence-electron chi connectivity index (χ3n) is 5.86. The Morgan fingerprint density at radius 2 is 1.69 bits per heavy atom. The number of piperazine rings is 1. The lowest BCUT2D eigenvalue weighted by atomic mass is 10.2. The number of amides is 1. The summed E-state index contributed by atoms with van der Waals surface area (Å²) in [6.07, 6.45) is 5.11. The van der Waals surface area contributed by atoms with Gasteiger partial charge in [-0.2, -0.15) is 0 Å². The molecule has 6 nitrogen and oxygen atoms in total. The molecule has 0 unspecified atom stereocenters. The van der Waals surface area contributed by atoms with Gasteiger partial charge in [0, 0.05) is 37.9 Å². The number of hydrogen-bond acceptors (Lipinski definition) is 5. The van der Waals surface area contributed by atoms with Crippen molar-refractivity contribution in [2.75, 3.05) is 30.9 Å². The highest BCUT2D eigenvalue weighted by molar-refractivity contribution is 7.93. The molecule has 1 N–H and O–H groups in total. The van der Waals surface area contributed by atoms with Gasteiger partial charge in [-0.25, -0.2) is 8.42 Å². The van der Waals surface area contributed by atoms with Crippen molar-refractivity contribution in [2.24, 2.45) is 0 Å². The second-order valence-corrected chi connectivity index (χ2v) is 10.4. The Labute approximate surface area is 176 Å². The molecule has 4 rings (SSSR count). The van der Waals surface area contributed by atoms with Crippen LogP contribution in [0.3, 0.4) is 0 Å². The predicted octanol–water partition coefficient (Wildman–Crippen LogP) is 3.56. The molecule has 29 heavy (non-hydrogen) atoms. The van der Waals surface area contributed by atoms with Gasteiger partial charge < -0.3 is 4.90 Å². The lowest BCUT2D eigenvalue weighted by molar-refractivity contribution is 0.0574. The van der Waals surface area contributed by atoms with Crippen molar-refractivity contribution in [3.8, 4) is 0 Å². The van der Waals surface area contributed by atoms with Crippen LogP contribution in [0.15, 0.2) is 40.6 Å². The summed E-state index contributed by atoms with van der Waals surface area (Å²) in [6, 6.07) is 9.32. The van der Waals surface area contributed by atoms with Crippen LogP contribution < -0.4 is 4.72 Å². The fourth-order valence-electron chi connectivity index (χ4n) is 4.20. The van der Waals surface area contributed by atoms with E-state index < -0.39 is 10.0 Å². The van der Waals surface area contributed by atoms with Crippen molar-refractivity contribution < 1.29 is 13.2 Å². The average molecular weight is 434 g/mol. The lowest BCUT2D eigenvalue weighted by Crippen LogP contribution is -2.51. The summed E-state index contributed by atoms with van der Waals surface area (Å²) in [4.78, 5) is 17.7. The number of anilines is 1. The van der Waals surface area contributed by atoms with Crippen molar-refractivity contribution in [3.05, 3.63) is 46.2 Å². The number of aryl methyl sites for hydroxylation is 1. The third-order valence-corrected chi connectivity index (χ3v) is 8.31. The molecule has 0 spiro atoms. The van der Waals surface area contributed by atoms with Crippen molar-refractivity contribution in [1.29, 1.82) is 0 Å². The van der Waals surface area contributed by atoms with Crippen LogP contribution in [0.1, 0.15) is 40.9 Å². The fraction of sp³-hybridized carbons (Fsp3) is 0.476. The van der Waals surface area contributed by atoms with Crippen LogP contribution in [0.25, 0.3) is 0 Å². The minimum Gasteiger partial charge on any atom is -0.335 e. The second-order valence-electron chi connectivity index (χ2n) is 7.85. The predicted molar refractivity (Wildman–Crippen MR) is 116 cm³/mol. The Kier molecular flexibility index (Phi) is 5.94. The van der Waals surface area contributed by atoms with Gasteiger partial charge in [-0.1, -0.05) is 30.5 Å². The van der Waals surface area contributed by atoms with Gasteiger partial charge in [0.2, 0.25) is 0 Å². The highest BCUT2D eigenvalue weighted by Gasteiger charge is 2.31. The molecule has 1 aliphatic carbocycles. The monoisotopic (exact) mass is 433 g/mol. The van der Waals surface area contributed by atoms with E-state index in [2.05, 4.69) is 9.62 Å². The van der Waals surface area contributed by atoms with Crippen LogP contribution in [0.5, 0.6) is 0 Å².